The zero-order valence-corrected chi connectivity index (χ0v) is 28.1. The van der Waals surface area contributed by atoms with Crippen LogP contribution >= 0.6 is 0 Å². The topological polar surface area (TPSA) is 25.8 Å². The molecule has 0 saturated heterocycles. The van der Waals surface area contributed by atoms with Gasteiger partial charge < -0.3 is 4.98 Å². The number of benzene rings is 4. The summed E-state index contributed by atoms with van der Waals surface area (Å²) in [6.07, 6.45) is 3.82. The van der Waals surface area contributed by atoms with Crippen LogP contribution in [-0.4, -0.2) is 23.2 Å². The van der Waals surface area contributed by atoms with Gasteiger partial charge in [-0.3, -0.25) is 0 Å². The molecule has 0 amide bonds. The second-order valence-corrected chi connectivity index (χ2v) is 21.6. The van der Waals surface area contributed by atoms with Crippen LogP contribution in [-0.2, 0) is 20.1 Å². The number of pyridine rings is 2. The summed E-state index contributed by atoms with van der Waals surface area (Å²) in [5, 5.41) is 4.90. The Bertz CT molecular complexity index is 1720. The third kappa shape index (κ3) is 6.78. The maximum Gasteiger partial charge on any atom is 0.0160 e. The first-order chi connectivity index (χ1) is 19.1. The minimum absolute atomic E-state index is 0. The van der Waals surface area contributed by atoms with Gasteiger partial charge in [0.2, 0.25) is 0 Å². The van der Waals surface area contributed by atoms with Gasteiger partial charge in [0.15, 0.2) is 0 Å². The van der Waals surface area contributed by atoms with Crippen molar-refractivity contribution in [3.05, 3.63) is 127 Å². The smallest absolute Gasteiger partial charge is 0.0160 e. The predicted molar refractivity (Wildman–Crippen MR) is 169 cm³/mol. The molecule has 0 aliphatic heterocycles. The second-order valence-electron chi connectivity index (χ2n) is 11.0. The molecule has 0 aliphatic carbocycles. The summed E-state index contributed by atoms with van der Waals surface area (Å²) in [5.41, 5.74) is 5.01. The van der Waals surface area contributed by atoms with Crippen molar-refractivity contribution in [2.24, 2.45) is 0 Å². The van der Waals surface area contributed by atoms with Gasteiger partial charge in [-0.15, -0.1) is 35.9 Å². The van der Waals surface area contributed by atoms with Gasteiger partial charge in [0.05, 0.1) is 0 Å². The minimum Gasteiger partial charge on any atom is -0.305 e. The zero-order valence-electron chi connectivity index (χ0n) is 24.6. The molecule has 0 fully saturated rings. The van der Waals surface area contributed by atoms with E-state index in [1.807, 2.05) is 62.5 Å². The van der Waals surface area contributed by atoms with Crippen molar-refractivity contribution < 1.29 is 21.5 Å². The summed E-state index contributed by atoms with van der Waals surface area (Å²) in [7, 11) is 0. The molecule has 2 heterocycles. The molecule has 203 valence electrons. The normalized spacial score (nSPS) is 11.8. The number of fused-ring (bicyclic) bond motifs is 3. The Kier molecular flexibility index (Phi) is 9.26. The van der Waals surface area contributed by atoms with E-state index in [0.29, 0.717) is 0 Å². The van der Waals surface area contributed by atoms with Crippen LogP contribution < -0.4 is 4.40 Å². The Balaban J connectivity index is 0.000000249. The van der Waals surface area contributed by atoms with Crippen molar-refractivity contribution in [3.63, 3.8) is 0 Å². The quantitative estimate of drug-likeness (QED) is 0.102. The fraction of sp³-hybridized carbons (Fsp3) is 0.167. The van der Waals surface area contributed by atoms with Crippen LogP contribution in [0.15, 0.2) is 109 Å². The van der Waals surface area contributed by atoms with E-state index in [1.54, 1.807) is 6.20 Å². The first-order valence-electron chi connectivity index (χ1n) is 13.8. The van der Waals surface area contributed by atoms with Crippen molar-refractivity contribution >= 4 is 39.2 Å². The Morgan fingerprint density at radius 1 is 0.725 bits per heavy atom. The third-order valence-corrected chi connectivity index (χ3v) is 11.1. The van der Waals surface area contributed by atoms with E-state index in [1.165, 1.54) is 25.9 Å². The monoisotopic (exact) mass is 762 g/mol. The van der Waals surface area contributed by atoms with Crippen molar-refractivity contribution in [1.29, 1.82) is 0 Å². The average Bonchev–Trinajstić information content (AvgIpc) is 2.97. The maximum absolute atomic E-state index is 8.67. The number of hydrogen-bond acceptors (Lipinski definition) is 2. The van der Waals surface area contributed by atoms with Gasteiger partial charge in [0.25, 0.3) is 0 Å². The summed E-state index contributed by atoms with van der Waals surface area (Å²) in [6.45, 7) is 3.94. The molecule has 40 heavy (non-hydrogen) atoms. The number of hydrogen-bond donors (Lipinski definition) is 0. The molecule has 0 bridgehead atoms. The molecular weight excluding hydrogens is 725 g/mol. The predicted octanol–water partition coefficient (Wildman–Crippen LogP) is 9.07. The van der Waals surface area contributed by atoms with E-state index >= 15 is 0 Å². The fourth-order valence-corrected chi connectivity index (χ4v) is 8.10. The van der Waals surface area contributed by atoms with Gasteiger partial charge in [0, 0.05) is 26.3 Å². The molecule has 0 spiro atoms. The molecule has 0 N–H and O–H groups in total. The number of rotatable bonds is 4. The van der Waals surface area contributed by atoms with Crippen molar-refractivity contribution in [2.45, 2.75) is 37.0 Å². The minimum atomic E-state index is -2.11. The van der Waals surface area contributed by atoms with Crippen LogP contribution in [0.3, 0.4) is 0 Å². The maximum atomic E-state index is 8.67. The van der Waals surface area contributed by atoms with E-state index in [0.717, 1.165) is 28.1 Å². The van der Waals surface area contributed by atoms with Crippen LogP contribution in [0.2, 0.25) is 17.3 Å². The molecule has 4 aromatic carbocycles. The molecule has 1 radical (unpaired) electrons. The molecule has 6 rings (SSSR count). The van der Waals surface area contributed by atoms with Crippen molar-refractivity contribution in [1.82, 2.24) is 9.97 Å². The van der Waals surface area contributed by atoms with Crippen LogP contribution in [0, 0.1) is 12.1 Å². The van der Waals surface area contributed by atoms with Gasteiger partial charge >= 0.3 is 166 Å². The summed E-state index contributed by atoms with van der Waals surface area (Å²) < 4.78 is 9.98. The van der Waals surface area contributed by atoms with E-state index in [2.05, 4.69) is 89.0 Å². The van der Waals surface area contributed by atoms with Gasteiger partial charge in [-0.1, -0.05) is 12.1 Å². The molecule has 0 saturated carbocycles. The average molecular weight is 761 g/mol. The van der Waals surface area contributed by atoms with Crippen molar-refractivity contribution in [3.8, 4) is 22.5 Å². The molecule has 0 atom stereocenters. The Morgan fingerprint density at radius 3 is 2.17 bits per heavy atom. The van der Waals surface area contributed by atoms with Crippen molar-refractivity contribution in [2.75, 3.05) is 0 Å². The molecule has 2 aromatic heterocycles. The Hall–Kier alpha value is -3.11. The summed E-state index contributed by atoms with van der Waals surface area (Å²) >= 11 is -2.11. The van der Waals surface area contributed by atoms with Gasteiger partial charge in [-0.2, -0.15) is 0 Å². The summed E-state index contributed by atoms with van der Waals surface area (Å²) in [5.74, 6) is 6.44. The first-order valence-corrected chi connectivity index (χ1v) is 20.7. The van der Waals surface area contributed by atoms with Crippen LogP contribution in [0.5, 0.6) is 0 Å². The van der Waals surface area contributed by atoms with Crippen LogP contribution in [0.4, 0.5) is 0 Å². The largest absolute Gasteiger partial charge is 0.305 e. The van der Waals surface area contributed by atoms with E-state index < -0.39 is 19.2 Å². The Morgan fingerprint density at radius 2 is 1.48 bits per heavy atom. The van der Waals surface area contributed by atoms with Crippen LogP contribution in [0.25, 0.3) is 44.1 Å². The number of aromatic nitrogens is 2. The third-order valence-electron chi connectivity index (χ3n) is 6.85. The second kappa shape index (κ2) is 13.0. The number of nitrogens with zero attached hydrogens (tertiary/aromatic N) is 2. The first kappa shape index (κ1) is 28.4. The Labute approximate surface area is 256 Å². The SMILES string of the molecule is [2H]C(C)(C)c1cc(-c2[c-]cc3c(ccc4ccccc43)c2)nc[c]1[Ge]([CH3])([CH3])[CH3].[Ir].[c-]1ccccc1-c1ccccn1. The van der Waals surface area contributed by atoms with Gasteiger partial charge in [-0.05, 0) is 11.8 Å². The molecule has 2 nitrogen and oxygen atoms in total. The van der Waals surface area contributed by atoms with E-state index in [4.69, 9.17) is 6.35 Å². The summed E-state index contributed by atoms with van der Waals surface area (Å²) in [6, 6.07) is 39.4. The molecule has 6 aromatic rings. The molecular formula is C36H34GeIrN2-2. The van der Waals surface area contributed by atoms with Gasteiger partial charge in [-0.25, -0.2) is 0 Å². The van der Waals surface area contributed by atoms with E-state index in [9.17, 15) is 0 Å². The van der Waals surface area contributed by atoms with Gasteiger partial charge in [0.1, 0.15) is 0 Å². The fourth-order valence-electron chi connectivity index (χ4n) is 4.78. The standard InChI is InChI=1S/C25H26GeN.C11H8N.Ir/c1-17(2)23-15-25(27-16-24(23)26(3,4)5)20-12-13-22-19(14-20)11-10-18-8-6-7-9-21(18)22;1-2-6-10(7-3-1)11-8-4-5-9-12-11;/h6-11,13-17H,1-5H3;1-6,8-9H;/q2*-1;/i17D;;. The molecule has 0 aliphatic rings. The summed E-state index contributed by atoms with van der Waals surface area (Å²) in [4.78, 5) is 9.01. The zero-order chi connectivity index (χ0) is 28.3. The van der Waals surface area contributed by atoms with Crippen LogP contribution in [0.1, 0.15) is 26.7 Å². The van der Waals surface area contributed by atoms with E-state index in [-0.39, 0.29) is 20.1 Å². The molecule has 4 heteroatoms. The molecule has 0 unspecified atom stereocenters.